The van der Waals surface area contributed by atoms with Crippen molar-refractivity contribution in [3.05, 3.63) is 47.8 Å². The minimum absolute atomic E-state index is 0.0526. The van der Waals surface area contributed by atoms with Crippen LogP contribution in [0.3, 0.4) is 0 Å². The van der Waals surface area contributed by atoms with Crippen LogP contribution in [0, 0.1) is 12.3 Å². The van der Waals surface area contributed by atoms with Crippen molar-refractivity contribution in [1.82, 2.24) is 9.97 Å². The van der Waals surface area contributed by atoms with Crippen LogP contribution in [-0.2, 0) is 0 Å². The van der Waals surface area contributed by atoms with Crippen LogP contribution < -0.4 is 10.6 Å². The zero-order chi connectivity index (χ0) is 13.1. The summed E-state index contributed by atoms with van der Waals surface area (Å²) in [5.74, 6) is 0.481. The molecule has 0 unspecified atom stereocenters. The Morgan fingerprint density at radius 2 is 1.89 bits per heavy atom. The van der Waals surface area contributed by atoms with Crippen molar-refractivity contribution >= 4 is 17.5 Å². The number of benzene rings is 1. The molecule has 5 nitrogen and oxygen atoms in total. The van der Waals surface area contributed by atoms with Gasteiger partial charge < -0.3 is 10.6 Å². The molecule has 5 heteroatoms. The van der Waals surface area contributed by atoms with Crippen LogP contribution in [0.2, 0.25) is 0 Å². The highest BCUT2D eigenvalue weighted by atomic mass is 15.2. The number of aryl methyl sites for hydroxylation is 1. The van der Waals surface area contributed by atoms with Gasteiger partial charge in [0.1, 0.15) is 11.5 Å². The van der Waals surface area contributed by atoms with E-state index >= 15 is 0 Å². The summed E-state index contributed by atoms with van der Waals surface area (Å²) in [6.45, 7) is 1.86. The molecule has 1 heterocycles. The van der Waals surface area contributed by atoms with Crippen LogP contribution >= 0.6 is 0 Å². The van der Waals surface area contributed by atoms with E-state index < -0.39 is 0 Å². The number of hydrogen-bond acceptors (Lipinski definition) is 4. The first-order chi connectivity index (χ1) is 8.58. The van der Waals surface area contributed by atoms with E-state index in [2.05, 4.69) is 9.97 Å². The molecule has 92 valence electrons. The minimum atomic E-state index is -0.0526. The van der Waals surface area contributed by atoms with Crippen LogP contribution in [-0.4, -0.2) is 22.9 Å². The summed E-state index contributed by atoms with van der Waals surface area (Å²) in [5, 5.41) is 7.44. The van der Waals surface area contributed by atoms with Crippen molar-refractivity contribution < 1.29 is 0 Å². The van der Waals surface area contributed by atoms with Gasteiger partial charge >= 0.3 is 0 Å². The van der Waals surface area contributed by atoms with Crippen LogP contribution in [0.15, 0.2) is 36.4 Å². The lowest BCUT2D eigenvalue weighted by molar-refractivity contribution is 1.00. The molecule has 0 saturated heterocycles. The Morgan fingerprint density at radius 3 is 2.50 bits per heavy atom. The summed E-state index contributed by atoms with van der Waals surface area (Å²) >= 11 is 0. The number of para-hydroxylation sites is 1. The molecule has 0 aliphatic carbocycles. The van der Waals surface area contributed by atoms with E-state index in [1.807, 2.05) is 49.2 Å². The first kappa shape index (κ1) is 12.0. The van der Waals surface area contributed by atoms with Crippen molar-refractivity contribution in [2.24, 2.45) is 5.73 Å². The Balaban J connectivity index is 2.42. The van der Waals surface area contributed by atoms with Crippen molar-refractivity contribution in [3.8, 4) is 0 Å². The van der Waals surface area contributed by atoms with E-state index in [1.165, 1.54) is 0 Å². The zero-order valence-electron chi connectivity index (χ0n) is 10.4. The van der Waals surface area contributed by atoms with Crippen molar-refractivity contribution in [2.45, 2.75) is 6.92 Å². The number of nitrogens with zero attached hydrogens (tertiary/aromatic N) is 3. The van der Waals surface area contributed by atoms with Gasteiger partial charge in [0.2, 0.25) is 5.95 Å². The van der Waals surface area contributed by atoms with E-state index in [9.17, 15) is 0 Å². The molecule has 0 aliphatic rings. The van der Waals surface area contributed by atoms with Crippen molar-refractivity contribution in [1.29, 1.82) is 5.41 Å². The van der Waals surface area contributed by atoms with Crippen LogP contribution in [0.5, 0.6) is 0 Å². The highest BCUT2D eigenvalue weighted by Crippen LogP contribution is 2.19. The van der Waals surface area contributed by atoms with Gasteiger partial charge in [0.05, 0.1) is 0 Å². The van der Waals surface area contributed by atoms with E-state index in [0.717, 1.165) is 11.4 Å². The smallest absolute Gasteiger partial charge is 0.230 e. The molecular weight excluding hydrogens is 226 g/mol. The van der Waals surface area contributed by atoms with Crippen LogP contribution in [0.25, 0.3) is 0 Å². The molecule has 0 radical (unpaired) electrons. The molecule has 0 atom stereocenters. The van der Waals surface area contributed by atoms with Crippen LogP contribution in [0.1, 0.15) is 11.4 Å². The maximum absolute atomic E-state index is 7.44. The third kappa shape index (κ3) is 2.45. The molecule has 1 aromatic heterocycles. The lowest BCUT2D eigenvalue weighted by atomic mass is 10.3. The average Bonchev–Trinajstić information content (AvgIpc) is 2.38. The quantitative estimate of drug-likeness (QED) is 0.634. The van der Waals surface area contributed by atoms with Gasteiger partial charge in [-0.05, 0) is 25.1 Å². The van der Waals surface area contributed by atoms with Gasteiger partial charge in [-0.2, -0.15) is 0 Å². The molecule has 3 N–H and O–H groups in total. The van der Waals surface area contributed by atoms with Crippen molar-refractivity contribution in [2.75, 3.05) is 11.9 Å². The van der Waals surface area contributed by atoms with Gasteiger partial charge in [0.15, 0.2) is 0 Å². The predicted octanol–water partition coefficient (Wildman–Crippen LogP) is 1.84. The number of nitrogens with one attached hydrogen (secondary N) is 1. The largest absolute Gasteiger partial charge is 0.382 e. The van der Waals surface area contributed by atoms with E-state index in [-0.39, 0.29) is 5.84 Å². The molecule has 18 heavy (non-hydrogen) atoms. The third-order valence-electron chi connectivity index (χ3n) is 2.56. The zero-order valence-corrected chi connectivity index (χ0v) is 10.4. The van der Waals surface area contributed by atoms with Gasteiger partial charge in [-0.25, -0.2) is 9.97 Å². The van der Waals surface area contributed by atoms with Gasteiger partial charge in [-0.15, -0.1) is 0 Å². The fourth-order valence-corrected chi connectivity index (χ4v) is 1.61. The van der Waals surface area contributed by atoms with E-state index in [4.69, 9.17) is 11.1 Å². The molecule has 1 aromatic carbocycles. The van der Waals surface area contributed by atoms with Gasteiger partial charge in [-0.1, -0.05) is 18.2 Å². The summed E-state index contributed by atoms with van der Waals surface area (Å²) in [5.41, 5.74) is 7.68. The van der Waals surface area contributed by atoms with Gasteiger partial charge in [0, 0.05) is 18.4 Å². The number of nitrogen functional groups attached to an aromatic ring is 1. The van der Waals surface area contributed by atoms with Crippen molar-refractivity contribution in [3.63, 3.8) is 0 Å². The van der Waals surface area contributed by atoms with Gasteiger partial charge in [-0.3, -0.25) is 5.41 Å². The Bertz CT molecular complexity index is 565. The molecule has 0 saturated carbocycles. The highest BCUT2D eigenvalue weighted by Gasteiger charge is 2.10. The number of nitrogens with two attached hydrogens (primary N) is 1. The Morgan fingerprint density at radius 1 is 1.22 bits per heavy atom. The first-order valence-electron chi connectivity index (χ1n) is 5.57. The monoisotopic (exact) mass is 241 g/mol. The Labute approximate surface area is 106 Å². The summed E-state index contributed by atoms with van der Waals surface area (Å²) in [6.07, 6.45) is 0. The summed E-state index contributed by atoms with van der Waals surface area (Å²) in [7, 11) is 1.88. The highest BCUT2D eigenvalue weighted by molar-refractivity contribution is 5.93. The fourth-order valence-electron chi connectivity index (χ4n) is 1.61. The first-order valence-corrected chi connectivity index (χ1v) is 5.57. The molecule has 0 aliphatic heterocycles. The molecule has 0 spiro atoms. The second-order valence-corrected chi connectivity index (χ2v) is 4.00. The second kappa shape index (κ2) is 4.83. The summed E-state index contributed by atoms with van der Waals surface area (Å²) in [6, 6.07) is 11.5. The summed E-state index contributed by atoms with van der Waals surface area (Å²) < 4.78 is 0. The standard InChI is InChI=1S/C13H15N5/c1-9-8-11(12(14)15)17-13(16-9)18(2)10-6-4-3-5-7-10/h3-8H,1-2H3,(H3,14,15). The number of aromatic nitrogens is 2. The molecule has 0 fully saturated rings. The number of anilines is 2. The number of amidine groups is 1. The molecule has 2 aromatic rings. The SMILES string of the molecule is Cc1cc(C(=N)N)nc(N(C)c2ccccc2)n1. The molecule has 2 rings (SSSR count). The lowest BCUT2D eigenvalue weighted by Crippen LogP contribution is -2.19. The lowest BCUT2D eigenvalue weighted by Gasteiger charge is -2.18. The number of hydrogen-bond donors (Lipinski definition) is 2. The number of rotatable bonds is 3. The minimum Gasteiger partial charge on any atom is -0.382 e. The van der Waals surface area contributed by atoms with Gasteiger partial charge in [0.25, 0.3) is 0 Å². The normalized spacial score (nSPS) is 10.1. The maximum atomic E-state index is 7.44. The van der Waals surface area contributed by atoms with Crippen LogP contribution in [0.4, 0.5) is 11.6 Å². The van der Waals surface area contributed by atoms with E-state index in [0.29, 0.717) is 11.6 Å². The molecule has 0 amide bonds. The summed E-state index contributed by atoms with van der Waals surface area (Å²) in [4.78, 5) is 10.5. The maximum Gasteiger partial charge on any atom is 0.230 e. The topological polar surface area (TPSA) is 78.9 Å². The Hall–Kier alpha value is -2.43. The molecular formula is C13H15N5. The molecule has 0 bridgehead atoms. The fraction of sp³-hybridized carbons (Fsp3) is 0.154. The second-order valence-electron chi connectivity index (χ2n) is 4.00. The van der Waals surface area contributed by atoms with E-state index in [1.54, 1.807) is 6.07 Å². The predicted molar refractivity (Wildman–Crippen MR) is 72.3 cm³/mol. The Kier molecular flexibility index (Phi) is 3.23. The third-order valence-corrected chi connectivity index (χ3v) is 2.56. The average molecular weight is 241 g/mol.